The van der Waals surface area contributed by atoms with Gasteiger partial charge in [-0.3, -0.25) is 9.78 Å². The normalized spacial score (nSPS) is 10.8. The molecule has 122 valence electrons. The van der Waals surface area contributed by atoms with Crippen LogP contribution in [0.25, 0.3) is 22.6 Å². The van der Waals surface area contributed by atoms with Crippen LogP contribution in [-0.2, 0) is 0 Å². The lowest BCUT2D eigenvalue weighted by molar-refractivity contribution is 0.101. The molecule has 0 saturated carbocycles. The largest absolute Gasteiger partial charge is 0.456 e. The molecule has 0 atom stereocenters. The Hall–Kier alpha value is -3.54. The van der Waals surface area contributed by atoms with Gasteiger partial charge in [0.2, 0.25) is 0 Å². The van der Waals surface area contributed by atoms with Gasteiger partial charge in [0, 0.05) is 19.2 Å². The van der Waals surface area contributed by atoms with Crippen LogP contribution in [0.4, 0.5) is 0 Å². The molecule has 4 aromatic rings. The Kier molecular flexibility index (Phi) is 3.70. The number of imidazole rings is 1. The van der Waals surface area contributed by atoms with Gasteiger partial charge in [-0.05, 0) is 36.4 Å². The van der Waals surface area contributed by atoms with Gasteiger partial charge in [0.15, 0.2) is 11.6 Å². The topological polar surface area (TPSA) is 80.8 Å². The zero-order valence-electron chi connectivity index (χ0n) is 13.4. The Morgan fingerprint density at radius 3 is 2.64 bits per heavy atom. The van der Waals surface area contributed by atoms with E-state index in [2.05, 4.69) is 19.9 Å². The number of rotatable bonds is 4. The van der Waals surface area contributed by atoms with Gasteiger partial charge >= 0.3 is 0 Å². The summed E-state index contributed by atoms with van der Waals surface area (Å²) in [5.74, 6) is 1.85. The summed E-state index contributed by atoms with van der Waals surface area (Å²) in [6, 6.07) is 14.6. The number of H-pyrrole nitrogens is 1. The first kappa shape index (κ1) is 15.0. The maximum absolute atomic E-state index is 11.3. The number of aromatic nitrogens is 4. The van der Waals surface area contributed by atoms with Gasteiger partial charge in [0.1, 0.15) is 22.9 Å². The minimum atomic E-state index is -0.0764. The van der Waals surface area contributed by atoms with E-state index < -0.39 is 0 Å². The van der Waals surface area contributed by atoms with E-state index >= 15 is 0 Å². The van der Waals surface area contributed by atoms with E-state index in [0.717, 1.165) is 16.7 Å². The maximum atomic E-state index is 11.3. The molecule has 1 N–H and O–H groups in total. The number of pyridine rings is 2. The van der Waals surface area contributed by atoms with Gasteiger partial charge in [-0.2, -0.15) is 0 Å². The van der Waals surface area contributed by atoms with Crippen LogP contribution in [0.5, 0.6) is 11.5 Å². The van der Waals surface area contributed by atoms with Gasteiger partial charge in [-0.15, -0.1) is 0 Å². The van der Waals surface area contributed by atoms with Crippen LogP contribution in [0, 0.1) is 0 Å². The predicted octanol–water partition coefficient (Wildman–Crippen LogP) is 4.01. The van der Waals surface area contributed by atoms with Crippen molar-refractivity contribution in [3.8, 4) is 23.0 Å². The van der Waals surface area contributed by atoms with Crippen LogP contribution < -0.4 is 4.74 Å². The molecule has 0 bridgehead atoms. The highest BCUT2D eigenvalue weighted by atomic mass is 16.5. The number of hydrogen-bond donors (Lipinski definition) is 1. The summed E-state index contributed by atoms with van der Waals surface area (Å²) in [6.07, 6.45) is 3.27. The Morgan fingerprint density at radius 2 is 1.92 bits per heavy atom. The summed E-state index contributed by atoms with van der Waals surface area (Å²) >= 11 is 0. The van der Waals surface area contributed by atoms with Crippen LogP contribution >= 0.6 is 0 Å². The van der Waals surface area contributed by atoms with E-state index in [1.165, 1.54) is 13.1 Å². The zero-order valence-corrected chi connectivity index (χ0v) is 13.4. The molecule has 4 rings (SSSR count). The fourth-order valence-electron chi connectivity index (χ4n) is 2.46. The van der Waals surface area contributed by atoms with Gasteiger partial charge < -0.3 is 9.72 Å². The lowest BCUT2D eigenvalue weighted by Gasteiger charge is -2.05. The zero-order chi connectivity index (χ0) is 17.2. The van der Waals surface area contributed by atoms with Crippen molar-refractivity contribution in [1.29, 1.82) is 0 Å². The Balaban J connectivity index is 1.61. The minimum absolute atomic E-state index is 0.0764. The van der Waals surface area contributed by atoms with Crippen molar-refractivity contribution in [2.45, 2.75) is 6.92 Å². The smallest absolute Gasteiger partial charge is 0.178 e. The van der Waals surface area contributed by atoms with Crippen molar-refractivity contribution in [1.82, 2.24) is 19.9 Å². The molecule has 0 aliphatic heterocycles. The van der Waals surface area contributed by atoms with E-state index in [1.54, 1.807) is 18.3 Å². The van der Waals surface area contributed by atoms with Crippen LogP contribution in [0.3, 0.4) is 0 Å². The molecule has 6 nitrogen and oxygen atoms in total. The average molecular weight is 330 g/mol. The number of nitrogens with zero attached hydrogens (tertiary/aromatic N) is 3. The Morgan fingerprint density at radius 1 is 1.04 bits per heavy atom. The van der Waals surface area contributed by atoms with Crippen LogP contribution in [-0.4, -0.2) is 25.7 Å². The summed E-state index contributed by atoms with van der Waals surface area (Å²) in [4.78, 5) is 27.4. The quantitative estimate of drug-likeness (QED) is 0.572. The highest BCUT2D eigenvalue weighted by Crippen LogP contribution is 2.26. The molecule has 6 heteroatoms. The van der Waals surface area contributed by atoms with E-state index in [1.807, 2.05) is 36.4 Å². The summed E-state index contributed by atoms with van der Waals surface area (Å²) in [7, 11) is 0. The third-order valence-electron chi connectivity index (χ3n) is 3.69. The molecule has 0 fully saturated rings. The van der Waals surface area contributed by atoms with E-state index in [4.69, 9.17) is 4.74 Å². The molecule has 25 heavy (non-hydrogen) atoms. The van der Waals surface area contributed by atoms with Crippen LogP contribution in [0.2, 0.25) is 0 Å². The third-order valence-corrected chi connectivity index (χ3v) is 3.69. The van der Waals surface area contributed by atoms with Gasteiger partial charge in [-0.25, -0.2) is 9.97 Å². The summed E-state index contributed by atoms with van der Waals surface area (Å²) in [5, 5.41) is 0. The summed E-state index contributed by atoms with van der Waals surface area (Å²) < 4.78 is 5.80. The van der Waals surface area contributed by atoms with Crippen LogP contribution in [0.1, 0.15) is 17.4 Å². The number of carbonyl (C=O) groups is 1. The van der Waals surface area contributed by atoms with E-state index in [0.29, 0.717) is 23.0 Å². The fourth-order valence-corrected chi connectivity index (χ4v) is 2.46. The van der Waals surface area contributed by atoms with Crippen molar-refractivity contribution in [3.63, 3.8) is 0 Å². The van der Waals surface area contributed by atoms with Crippen molar-refractivity contribution < 1.29 is 9.53 Å². The predicted molar refractivity (Wildman–Crippen MR) is 93.6 cm³/mol. The molecule has 0 radical (unpaired) electrons. The second kappa shape index (κ2) is 6.16. The third kappa shape index (κ3) is 3.10. The molecule has 3 aromatic heterocycles. The molecule has 1 aromatic carbocycles. The number of nitrogens with one attached hydrogen (secondary N) is 1. The van der Waals surface area contributed by atoms with E-state index in [-0.39, 0.29) is 5.78 Å². The monoisotopic (exact) mass is 330 g/mol. The lowest BCUT2D eigenvalue weighted by atomic mass is 10.2. The van der Waals surface area contributed by atoms with Crippen molar-refractivity contribution in [3.05, 3.63) is 66.6 Å². The second-order valence-electron chi connectivity index (χ2n) is 5.52. The molecule has 0 unspecified atom stereocenters. The molecular weight excluding hydrogens is 316 g/mol. The van der Waals surface area contributed by atoms with Gasteiger partial charge in [0.25, 0.3) is 0 Å². The first-order valence-electron chi connectivity index (χ1n) is 7.75. The first-order valence-corrected chi connectivity index (χ1v) is 7.75. The maximum Gasteiger partial charge on any atom is 0.178 e. The highest BCUT2D eigenvalue weighted by Gasteiger charge is 2.08. The van der Waals surface area contributed by atoms with E-state index in [9.17, 15) is 4.79 Å². The number of benzene rings is 1. The Bertz CT molecular complexity index is 1040. The fraction of sp³-hybridized carbons (Fsp3) is 0.0526. The number of aromatic amines is 1. The number of fused-ring (bicyclic) bond motifs is 1. The summed E-state index contributed by atoms with van der Waals surface area (Å²) in [5.41, 5.74) is 2.88. The number of ether oxygens (including phenoxy) is 1. The number of Topliss-reactive ketones (excluding diaryl/α,β-unsaturated/α-hetero) is 1. The molecule has 0 amide bonds. The summed E-state index contributed by atoms with van der Waals surface area (Å²) in [6.45, 7) is 1.48. The first-order chi connectivity index (χ1) is 12.2. The number of carbonyl (C=O) groups excluding carboxylic acids is 1. The number of hydrogen-bond acceptors (Lipinski definition) is 5. The molecule has 0 spiro atoms. The average Bonchev–Trinajstić information content (AvgIpc) is 3.06. The molecule has 0 saturated heterocycles. The number of ketones is 1. The highest BCUT2D eigenvalue weighted by molar-refractivity contribution is 5.92. The van der Waals surface area contributed by atoms with Crippen molar-refractivity contribution >= 4 is 16.8 Å². The van der Waals surface area contributed by atoms with Crippen LogP contribution in [0.15, 0.2) is 60.9 Å². The lowest BCUT2D eigenvalue weighted by Crippen LogP contribution is -1.95. The second-order valence-corrected chi connectivity index (χ2v) is 5.52. The Labute approximate surface area is 143 Å². The standard InChI is InChI=1S/C19H14N4O2/c1-12(24)15-7-6-14(11-21-15)25-13-5-8-16-18(10-13)23-19(22-16)17-4-2-3-9-20-17/h2-11H,1H3,(H,22,23). The van der Waals surface area contributed by atoms with Gasteiger partial charge in [0.05, 0.1) is 17.2 Å². The minimum Gasteiger partial charge on any atom is -0.456 e. The van der Waals surface area contributed by atoms with Gasteiger partial charge in [-0.1, -0.05) is 6.07 Å². The molecule has 3 heterocycles. The van der Waals surface area contributed by atoms with Crippen molar-refractivity contribution in [2.75, 3.05) is 0 Å². The molecular formula is C19H14N4O2. The molecule has 0 aliphatic rings. The van der Waals surface area contributed by atoms with Crippen molar-refractivity contribution in [2.24, 2.45) is 0 Å². The SMILES string of the molecule is CC(=O)c1ccc(Oc2ccc3nc(-c4ccccn4)[nH]c3c2)cn1. The molecule has 0 aliphatic carbocycles.